The molecule has 114 valence electrons. The molecule has 1 aliphatic rings. The maximum atomic E-state index is 13.2. The molecule has 0 unspecified atom stereocenters. The van der Waals surface area contributed by atoms with Gasteiger partial charge in [-0.05, 0) is 25.5 Å². The van der Waals surface area contributed by atoms with Crippen LogP contribution in [0.5, 0.6) is 5.75 Å². The van der Waals surface area contributed by atoms with Crippen LogP contribution in [0.15, 0.2) is 30.4 Å². The fourth-order valence-corrected chi connectivity index (χ4v) is 2.22. The molecule has 3 N–H and O–H groups in total. The number of urea groups is 1. The van der Waals surface area contributed by atoms with Crippen molar-refractivity contribution >= 4 is 11.7 Å². The zero-order valence-electron chi connectivity index (χ0n) is 11.8. The number of aliphatic hydroxyl groups is 1. The van der Waals surface area contributed by atoms with Crippen molar-refractivity contribution in [3.05, 3.63) is 36.2 Å². The summed E-state index contributed by atoms with van der Waals surface area (Å²) in [7, 11) is 0. The van der Waals surface area contributed by atoms with Gasteiger partial charge in [0.15, 0.2) is 0 Å². The van der Waals surface area contributed by atoms with Crippen LogP contribution in [0, 0.1) is 11.7 Å². The Labute approximate surface area is 122 Å². The minimum atomic E-state index is -0.422. The monoisotopic (exact) mass is 294 g/mol. The van der Waals surface area contributed by atoms with Crippen LogP contribution in [0.25, 0.3) is 0 Å². The molecular formula is C15H19FN2O3. The summed E-state index contributed by atoms with van der Waals surface area (Å²) in [5, 5.41) is 14.5. The van der Waals surface area contributed by atoms with Crippen LogP contribution in [0.4, 0.5) is 14.9 Å². The van der Waals surface area contributed by atoms with Crippen molar-refractivity contribution in [1.82, 2.24) is 5.32 Å². The summed E-state index contributed by atoms with van der Waals surface area (Å²) in [4.78, 5) is 11.9. The molecule has 0 radical (unpaired) electrons. The van der Waals surface area contributed by atoms with E-state index in [1.54, 1.807) is 6.92 Å². The van der Waals surface area contributed by atoms with Gasteiger partial charge in [-0.3, -0.25) is 0 Å². The summed E-state index contributed by atoms with van der Waals surface area (Å²) in [6.45, 7) is 2.24. The van der Waals surface area contributed by atoms with E-state index in [0.29, 0.717) is 24.5 Å². The maximum Gasteiger partial charge on any atom is 0.319 e. The highest BCUT2D eigenvalue weighted by atomic mass is 19.1. The summed E-state index contributed by atoms with van der Waals surface area (Å²) in [5.74, 6) is -0.0446. The fraction of sp³-hybridized carbons (Fsp3) is 0.400. The number of ether oxygens (including phenoxy) is 1. The number of benzene rings is 1. The zero-order valence-corrected chi connectivity index (χ0v) is 11.8. The van der Waals surface area contributed by atoms with Crippen molar-refractivity contribution in [3.63, 3.8) is 0 Å². The Kier molecular flexibility index (Phi) is 5.16. The molecule has 0 aliphatic heterocycles. The highest BCUT2D eigenvalue weighted by Crippen LogP contribution is 2.25. The third-order valence-electron chi connectivity index (χ3n) is 3.21. The Balaban J connectivity index is 1.95. The quantitative estimate of drug-likeness (QED) is 0.730. The van der Waals surface area contributed by atoms with Gasteiger partial charge < -0.3 is 20.5 Å². The summed E-state index contributed by atoms with van der Waals surface area (Å²) >= 11 is 0. The number of nitrogens with one attached hydrogen (secondary N) is 2. The third kappa shape index (κ3) is 4.19. The van der Waals surface area contributed by atoms with Crippen LogP contribution in [0.2, 0.25) is 0 Å². The minimum Gasteiger partial charge on any atom is -0.492 e. The zero-order chi connectivity index (χ0) is 15.2. The van der Waals surface area contributed by atoms with E-state index in [0.717, 1.165) is 0 Å². The van der Waals surface area contributed by atoms with Gasteiger partial charge in [-0.2, -0.15) is 0 Å². The highest BCUT2D eigenvalue weighted by molar-refractivity contribution is 5.91. The Hall–Kier alpha value is -2.08. The predicted molar refractivity (Wildman–Crippen MR) is 77.8 cm³/mol. The molecule has 5 nitrogen and oxygen atoms in total. The van der Waals surface area contributed by atoms with Crippen molar-refractivity contribution in [3.8, 4) is 5.75 Å². The molecule has 1 aromatic rings. The number of aliphatic hydroxyl groups excluding tert-OH is 1. The second-order valence-electron chi connectivity index (χ2n) is 4.84. The van der Waals surface area contributed by atoms with Crippen LogP contribution >= 0.6 is 0 Å². The van der Waals surface area contributed by atoms with Crippen LogP contribution < -0.4 is 15.4 Å². The molecule has 0 aromatic heterocycles. The molecule has 21 heavy (non-hydrogen) atoms. The summed E-state index contributed by atoms with van der Waals surface area (Å²) in [6, 6.07) is 3.45. The van der Waals surface area contributed by atoms with Crippen LogP contribution in [-0.2, 0) is 0 Å². The number of carbonyl (C=O) groups is 1. The minimum absolute atomic E-state index is 0.0722. The van der Waals surface area contributed by atoms with E-state index in [9.17, 15) is 9.18 Å². The van der Waals surface area contributed by atoms with Crippen molar-refractivity contribution in [2.75, 3.05) is 18.5 Å². The van der Waals surface area contributed by atoms with E-state index < -0.39 is 11.8 Å². The summed E-state index contributed by atoms with van der Waals surface area (Å²) in [6.07, 6.45) is 4.41. The van der Waals surface area contributed by atoms with Crippen molar-refractivity contribution < 1.29 is 19.0 Å². The Bertz CT molecular complexity index is 534. The lowest BCUT2D eigenvalue weighted by Gasteiger charge is -2.15. The molecule has 0 heterocycles. The van der Waals surface area contributed by atoms with E-state index in [4.69, 9.17) is 9.84 Å². The van der Waals surface area contributed by atoms with Gasteiger partial charge in [-0.25, -0.2) is 9.18 Å². The molecule has 6 heteroatoms. The molecule has 0 saturated heterocycles. The largest absolute Gasteiger partial charge is 0.492 e. The molecular weight excluding hydrogens is 275 g/mol. The average Bonchev–Trinajstić information content (AvgIpc) is 2.89. The van der Waals surface area contributed by atoms with Crippen LogP contribution in [0.1, 0.15) is 13.3 Å². The summed E-state index contributed by atoms with van der Waals surface area (Å²) in [5.41, 5.74) is 0.413. The number of halogens is 1. The highest BCUT2D eigenvalue weighted by Gasteiger charge is 2.20. The topological polar surface area (TPSA) is 70.6 Å². The van der Waals surface area contributed by atoms with Crippen molar-refractivity contribution in [2.24, 2.45) is 5.92 Å². The third-order valence-corrected chi connectivity index (χ3v) is 3.21. The van der Waals surface area contributed by atoms with Gasteiger partial charge in [0, 0.05) is 24.6 Å². The lowest BCUT2D eigenvalue weighted by Crippen LogP contribution is -2.36. The summed E-state index contributed by atoms with van der Waals surface area (Å²) < 4.78 is 18.5. The van der Waals surface area contributed by atoms with Crippen molar-refractivity contribution in [2.45, 2.75) is 19.4 Å². The van der Waals surface area contributed by atoms with Crippen LogP contribution in [0.3, 0.4) is 0 Å². The van der Waals surface area contributed by atoms with Gasteiger partial charge in [0.05, 0.1) is 12.3 Å². The van der Waals surface area contributed by atoms with Gasteiger partial charge in [0.2, 0.25) is 0 Å². The molecule has 2 amide bonds. The Morgan fingerprint density at radius 3 is 2.95 bits per heavy atom. The molecule has 1 aromatic carbocycles. The predicted octanol–water partition coefficient (Wildman–Crippen LogP) is 2.28. The van der Waals surface area contributed by atoms with Gasteiger partial charge >= 0.3 is 6.03 Å². The fourth-order valence-electron chi connectivity index (χ4n) is 2.22. The Morgan fingerprint density at radius 2 is 2.29 bits per heavy atom. The van der Waals surface area contributed by atoms with E-state index in [-0.39, 0.29) is 18.6 Å². The number of carbonyl (C=O) groups excluding carboxylic acids is 1. The first-order chi connectivity index (χ1) is 10.1. The SMILES string of the molecule is CCOc1cc(F)ccc1NC(=O)N[C@@H]1C=C[C@H](CO)C1. The first kappa shape index (κ1) is 15.3. The molecule has 0 bridgehead atoms. The second-order valence-corrected chi connectivity index (χ2v) is 4.84. The van der Waals surface area contributed by atoms with Gasteiger partial charge in [0.1, 0.15) is 11.6 Å². The van der Waals surface area contributed by atoms with Gasteiger partial charge in [-0.1, -0.05) is 12.2 Å². The second kappa shape index (κ2) is 7.08. The first-order valence-electron chi connectivity index (χ1n) is 6.91. The Morgan fingerprint density at radius 1 is 1.48 bits per heavy atom. The molecule has 0 fully saturated rings. The lowest BCUT2D eigenvalue weighted by molar-refractivity contribution is 0.238. The number of amides is 2. The molecule has 2 atom stereocenters. The first-order valence-corrected chi connectivity index (χ1v) is 6.91. The van der Waals surface area contributed by atoms with Crippen molar-refractivity contribution in [1.29, 1.82) is 0 Å². The van der Waals surface area contributed by atoms with Gasteiger partial charge in [0.25, 0.3) is 0 Å². The lowest BCUT2D eigenvalue weighted by atomic mass is 10.1. The number of anilines is 1. The molecule has 0 saturated carbocycles. The number of hydrogen-bond donors (Lipinski definition) is 3. The van der Waals surface area contributed by atoms with E-state index in [1.807, 2.05) is 12.2 Å². The molecule has 1 aliphatic carbocycles. The van der Waals surface area contributed by atoms with E-state index in [1.165, 1.54) is 18.2 Å². The average molecular weight is 294 g/mol. The van der Waals surface area contributed by atoms with Crippen LogP contribution in [-0.4, -0.2) is 30.4 Å². The molecule has 0 spiro atoms. The van der Waals surface area contributed by atoms with Gasteiger partial charge in [-0.15, -0.1) is 0 Å². The smallest absolute Gasteiger partial charge is 0.319 e. The number of rotatable bonds is 5. The molecule has 2 rings (SSSR count). The normalized spacial score (nSPS) is 20.3. The standard InChI is InChI=1S/C15H19FN2O3/c1-2-21-14-8-11(16)4-6-13(14)18-15(20)17-12-5-3-10(7-12)9-19/h3-6,8,10,12,19H,2,7,9H2,1H3,(H2,17,18,20)/t10-,12+/m0/s1. The number of hydrogen-bond acceptors (Lipinski definition) is 3. The van der Waals surface area contributed by atoms with E-state index in [2.05, 4.69) is 10.6 Å². The maximum absolute atomic E-state index is 13.2. The van der Waals surface area contributed by atoms with E-state index >= 15 is 0 Å².